The van der Waals surface area contributed by atoms with Crippen molar-refractivity contribution in [2.75, 3.05) is 6.54 Å². The molecule has 0 amide bonds. The summed E-state index contributed by atoms with van der Waals surface area (Å²) in [6, 6.07) is 16.8. The summed E-state index contributed by atoms with van der Waals surface area (Å²) in [5.74, 6) is 0. The Bertz CT molecular complexity index is 641. The first kappa shape index (κ1) is 13.3. The maximum atomic E-state index is 5.99. The number of aryl methyl sites for hydroxylation is 1. The third-order valence-corrected chi connectivity index (χ3v) is 4.09. The Morgan fingerprint density at radius 2 is 1.80 bits per heavy atom. The van der Waals surface area contributed by atoms with Crippen molar-refractivity contribution in [2.45, 2.75) is 19.8 Å². The topological polar surface area (TPSA) is 12.0 Å². The number of hydrogen-bond acceptors (Lipinski definition) is 1. The van der Waals surface area contributed by atoms with Crippen molar-refractivity contribution in [1.82, 2.24) is 5.32 Å². The van der Waals surface area contributed by atoms with Crippen molar-refractivity contribution < 1.29 is 0 Å². The Kier molecular flexibility index (Phi) is 3.79. The van der Waals surface area contributed by atoms with Gasteiger partial charge in [-0.1, -0.05) is 54.9 Å². The van der Waals surface area contributed by atoms with E-state index in [1.54, 1.807) is 0 Å². The highest BCUT2D eigenvalue weighted by Gasteiger charge is 2.18. The molecule has 0 spiro atoms. The van der Waals surface area contributed by atoms with E-state index in [-0.39, 0.29) is 0 Å². The van der Waals surface area contributed by atoms with Crippen LogP contribution >= 0.6 is 11.6 Å². The molecule has 1 nitrogen and oxygen atoms in total. The second-order valence-electron chi connectivity index (χ2n) is 5.05. The Labute approximate surface area is 125 Å². The van der Waals surface area contributed by atoms with Crippen LogP contribution in [0.15, 0.2) is 48.5 Å². The Morgan fingerprint density at radius 3 is 2.55 bits per heavy atom. The zero-order chi connectivity index (χ0) is 13.9. The van der Waals surface area contributed by atoms with E-state index in [1.807, 2.05) is 12.1 Å². The fraction of sp³-hybridized carbons (Fsp3) is 0.222. The number of rotatable bonds is 3. The predicted octanol–water partition coefficient (Wildman–Crippen LogP) is 4.76. The SMILES string of the molecule is CCc1ccccc1C1=C(c2ccc(Cl)cc2)CCN1. The fourth-order valence-electron chi connectivity index (χ4n) is 2.81. The molecule has 1 aliphatic heterocycles. The third-order valence-electron chi connectivity index (χ3n) is 3.84. The molecular formula is C18H18ClN. The molecule has 0 aliphatic carbocycles. The molecule has 0 radical (unpaired) electrons. The van der Waals surface area contributed by atoms with E-state index < -0.39 is 0 Å². The molecule has 1 N–H and O–H groups in total. The molecule has 0 atom stereocenters. The van der Waals surface area contributed by atoms with Crippen molar-refractivity contribution in [3.8, 4) is 0 Å². The highest BCUT2D eigenvalue weighted by atomic mass is 35.5. The minimum atomic E-state index is 0.788. The summed E-state index contributed by atoms with van der Waals surface area (Å²) < 4.78 is 0. The molecule has 2 aromatic carbocycles. The van der Waals surface area contributed by atoms with Crippen LogP contribution in [-0.2, 0) is 6.42 Å². The molecule has 0 unspecified atom stereocenters. The Balaban J connectivity index is 2.10. The molecule has 0 saturated carbocycles. The summed E-state index contributed by atoms with van der Waals surface area (Å²) in [5, 5.41) is 4.35. The molecule has 3 rings (SSSR count). The Morgan fingerprint density at radius 1 is 1.05 bits per heavy atom. The van der Waals surface area contributed by atoms with Gasteiger partial charge in [-0.3, -0.25) is 0 Å². The zero-order valence-corrected chi connectivity index (χ0v) is 12.4. The van der Waals surface area contributed by atoms with Gasteiger partial charge in [0.15, 0.2) is 0 Å². The van der Waals surface area contributed by atoms with Crippen LogP contribution < -0.4 is 5.32 Å². The molecule has 0 fully saturated rings. The monoisotopic (exact) mass is 283 g/mol. The maximum absolute atomic E-state index is 5.99. The first-order chi connectivity index (χ1) is 9.79. The molecule has 0 aromatic heterocycles. The maximum Gasteiger partial charge on any atom is 0.0455 e. The zero-order valence-electron chi connectivity index (χ0n) is 11.6. The summed E-state index contributed by atoms with van der Waals surface area (Å²) in [6.07, 6.45) is 2.12. The highest BCUT2D eigenvalue weighted by molar-refractivity contribution is 6.30. The van der Waals surface area contributed by atoms with Gasteiger partial charge in [0.05, 0.1) is 0 Å². The summed E-state index contributed by atoms with van der Waals surface area (Å²) >= 11 is 5.99. The minimum absolute atomic E-state index is 0.788. The summed E-state index contributed by atoms with van der Waals surface area (Å²) in [4.78, 5) is 0. The van der Waals surface area contributed by atoms with Crippen molar-refractivity contribution in [3.63, 3.8) is 0 Å². The van der Waals surface area contributed by atoms with Gasteiger partial charge in [-0.2, -0.15) is 0 Å². The average molecular weight is 284 g/mol. The predicted molar refractivity (Wildman–Crippen MR) is 86.7 cm³/mol. The van der Waals surface area contributed by atoms with Gasteiger partial charge in [0.2, 0.25) is 0 Å². The molecular weight excluding hydrogens is 266 g/mol. The average Bonchev–Trinajstić information content (AvgIpc) is 2.97. The van der Waals surface area contributed by atoms with E-state index in [1.165, 1.54) is 28.0 Å². The molecule has 102 valence electrons. The first-order valence-corrected chi connectivity index (χ1v) is 7.48. The van der Waals surface area contributed by atoms with Crippen LogP contribution in [-0.4, -0.2) is 6.54 Å². The summed E-state index contributed by atoms with van der Waals surface area (Å²) in [5.41, 5.74) is 6.66. The molecule has 0 bridgehead atoms. The molecule has 20 heavy (non-hydrogen) atoms. The van der Waals surface area contributed by atoms with Crippen LogP contribution in [0, 0.1) is 0 Å². The van der Waals surface area contributed by atoms with E-state index in [4.69, 9.17) is 11.6 Å². The van der Waals surface area contributed by atoms with Gasteiger partial charge in [0.25, 0.3) is 0 Å². The Hall–Kier alpha value is -1.73. The van der Waals surface area contributed by atoms with Crippen LogP contribution in [0.25, 0.3) is 11.3 Å². The molecule has 1 heterocycles. The first-order valence-electron chi connectivity index (χ1n) is 7.11. The van der Waals surface area contributed by atoms with E-state index in [0.29, 0.717) is 0 Å². The van der Waals surface area contributed by atoms with Crippen molar-refractivity contribution in [3.05, 3.63) is 70.2 Å². The van der Waals surface area contributed by atoms with Crippen LogP contribution in [0.4, 0.5) is 0 Å². The van der Waals surface area contributed by atoms with Gasteiger partial charge in [0.1, 0.15) is 0 Å². The molecule has 0 saturated heterocycles. The minimum Gasteiger partial charge on any atom is -0.384 e. The van der Waals surface area contributed by atoms with Gasteiger partial charge in [-0.25, -0.2) is 0 Å². The molecule has 2 heteroatoms. The van der Waals surface area contributed by atoms with E-state index in [2.05, 4.69) is 48.6 Å². The van der Waals surface area contributed by atoms with Crippen LogP contribution in [0.1, 0.15) is 30.0 Å². The molecule has 1 aliphatic rings. The number of halogens is 1. The largest absolute Gasteiger partial charge is 0.384 e. The van der Waals surface area contributed by atoms with E-state index in [9.17, 15) is 0 Å². The summed E-state index contributed by atoms with van der Waals surface area (Å²) in [6.45, 7) is 3.21. The lowest BCUT2D eigenvalue weighted by Crippen LogP contribution is -2.08. The lowest BCUT2D eigenvalue weighted by atomic mass is 9.96. The highest BCUT2D eigenvalue weighted by Crippen LogP contribution is 2.33. The standard InChI is InChI=1S/C18H18ClN/c1-2-13-5-3-4-6-16(13)18-17(11-12-20-18)14-7-9-15(19)10-8-14/h3-10,20H,2,11-12H2,1H3. The summed E-state index contributed by atoms with van der Waals surface area (Å²) in [7, 11) is 0. The number of benzene rings is 2. The second kappa shape index (κ2) is 5.72. The van der Waals surface area contributed by atoms with Crippen LogP contribution in [0.3, 0.4) is 0 Å². The van der Waals surface area contributed by atoms with Gasteiger partial charge in [0, 0.05) is 22.8 Å². The van der Waals surface area contributed by atoms with Gasteiger partial charge < -0.3 is 5.32 Å². The third kappa shape index (κ3) is 2.46. The number of nitrogens with one attached hydrogen (secondary N) is 1. The van der Waals surface area contributed by atoms with Crippen LogP contribution in [0.2, 0.25) is 5.02 Å². The quantitative estimate of drug-likeness (QED) is 0.856. The van der Waals surface area contributed by atoms with Gasteiger partial charge in [-0.15, -0.1) is 0 Å². The lowest BCUT2D eigenvalue weighted by Gasteiger charge is -2.12. The fourth-order valence-corrected chi connectivity index (χ4v) is 2.94. The smallest absolute Gasteiger partial charge is 0.0455 e. The van der Waals surface area contributed by atoms with Crippen LogP contribution in [0.5, 0.6) is 0 Å². The van der Waals surface area contributed by atoms with Gasteiger partial charge in [-0.05, 0) is 41.7 Å². The number of hydrogen-bond donors (Lipinski definition) is 1. The normalized spacial score (nSPS) is 14.5. The van der Waals surface area contributed by atoms with Crippen molar-refractivity contribution >= 4 is 22.9 Å². The van der Waals surface area contributed by atoms with Gasteiger partial charge >= 0.3 is 0 Å². The second-order valence-corrected chi connectivity index (χ2v) is 5.48. The van der Waals surface area contributed by atoms with Crippen molar-refractivity contribution in [1.29, 1.82) is 0 Å². The molecule has 2 aromatic rings. The van der Waals surface area contributed by atoms with E-state index in [0.717, 1.165) is 24.4 Å². The van der Waals surface area contributed by atoms with E-state index >= 15 is 0 Å². The lowest BCUT2D eigenvalue weighted by molar-refractivity contribution is 0.929. The van der Waals surface area contributed by atoms with Crippen molar-refractivity contribution in [2.24, 2.45) is 0 Å².